The van der Waals surface area contributed by atoms with E-state index in [1.165, 1.54) is 5.56 Å². The minimum Gasteiger partial charge on any atom is -0.381 e. The van der Waals surface area contributed by atoms with E-state index in [1.54, 1.807) is 6.07 Å². The van der Waals surface area contributed by atoms with Gasteiger partial charge in [-0.2, -0.15) is 0 Å². The first kappa shape index (κ1) is 12.5. The van der Waals surface area contributed by atoms with E-state index < -0.39 is 0 Å². The van der Waals surface area contributed by atoms with Gasteiger partial charge in [0.15, 0.2) is 0 Å². The molecule has 0 aromatic heterocycles. The summed E-state index contributed by atoms with van der Waals surface area (Å²) in [7, 11) is 0. The molecule has 18 heavy (non-hydrogen) atoms. The van der Waals surface area contributed by atoms with Crippen LogP contribution in [-0.2, 0) is 6.54 Å². The average Bonchev–Trinajstić information content (AvgIpc) is 2.39. The predicted molar refractivity (Wildman–Crippen MR) is 76.7 cm³/mol. The number of benzene rings is 2. The van der Waals surface area contributed by atoms with Gasteiger partial charge in [-0.15, -0.1) is 0 Å². The van der Waals surface area contributed by atoms with Crippen molar-refractivity contribution in [2.24, 2.45) is 5.11 Å². The van der Waals surface area contributed by atoms with Crippen molar-refractivity contribution in [2.45, 2.75) is 6.54 Å². The molecule has 0 saturated carbocycles. The molecule has 0 bridgehead atoms. The maximum atomic E-state index is 8.54. The molecule has 0 fully saturated rings. The summed E-state index contributed by atoms with van der Waals surface area (Å²) >= 11 is 3.35. The van der Waals surface area contributed by atoms with E-state index >= 15 is 0 Å². The summed E-state index contributed by atoms with van der Waals surface area (Å²) in [6.07, 6.45) is 0. The van der Waals surface area contributed by atoms with Gasteiger partial charge in [-0.1, -0.05) is 51.4 Å². The molecular weight excluding hydrogens is 292 g/mol. The van der Waals surface area contributed by atoms with Gasteiger partial charge < -0.3 is 5.32 Å². The van der Waals surface area contributed by atoms with Gasteiger partial charge in [0.05, 0.1) is 5.69 Å². The fraction of sp³-hybridized carbons (Fsp3) is 0.0769. The molecule has 0 atom stereocenters. The molecule has 0 spiro atoms. The van der Waals surface area contributed by atoms with Gasteiger partial charge in [0.2, 0.25) is 0 Å². The zero-order valence-corrected chi connectivity index (χ0v) is 11.1. The SMILES string of the molecule is [N-]=[N+]=Nc1cc(Br)ccc1NCc1ccccc1. The van der Waals surface area contributed by atoms with Crippen molar-refractivity contribution in [1.82, 2.24) is 0 Å². The lowest BCUT2D eigenvalue weighted by Crippen LogP contribution is -1.99. The first-order valence-electron chi connectivity index (χ1n) is 5.42. The quantitative estimate of drug-likeness (QED) is 0.482. The van der Waals surface area contributed by atoms with Crippen molar-refractivity contribution in [3.63, 3.8) is 0 Å². The highest BCUT2D eigenvalue weighted by Gasteiger charge is 2.01. The summed E-state index contributed by atoms with van der Waals surface area (Å²) in [4.78, 5) is 2.83. The molecule has 2 rings (SSSR count). The maximum absolute atomic E-state index is 8.54. The van der Waals surface area contributed by atoms with Crippen LogP contribution in [0.5, 0.6) is 0 Å². The van der Waals surface area contributed by atoms with Crippen molar-refractivity contribution in [1.29, 1.82) is 0 Å². The van der Waals surface area contributed by atoms with Crippen molar-refractivity contribution in [3.8, 4) is 0 Å². The Balaban J connectivity index is 2.16. The topological polar surface area (TPSA) is 60.8 Å². The predicted octanol–water partition coefficient (Wildman–Crippen LogP) is 5.00. The van der Waals surface area contributed by atoms with Gasteiger partial charge >= 0.3 is 0 Å². The van der Waals surface area contributed by atoms with Crippen molar-refractivity contribution in [3.05, 3.63) is 69.0 Å². The van der Waals surface area contributed by atoms with Gasteiger partial charge in [0, 0.05) is 21.6 Å². The first-order chi connectivity index (χ1) is 8.79. The second-order valence-corrected chi connectivity index (χ2v) is 4.61. The lowest BCUT2D eigenvalue weighted by Gasteiger charge is -2.09. The van der Waals surface area contributed by atoms with Crippen LogP contribution in [0.4, 0.5) is 11.4 Å². The van der Waals surface area contributed by atoms with Gasteiger partial charge in [0.25, 0.3) is 0 Å². The number of rotatable bonds is 4. The molecule has 0 aliphatic rings. The molecule has 0 aliphatic carbocycles. The Hall–Kier alpha value is -1.97. The minimum absolute atomic E-state index is 0.586. The number of hydrogen-bond acceptors (Lipinski definition) is 2. The number of hydrogen-bond donors (Lipinski definition) is 1. The van der Waals surface area contributed by atoms with Gasteiger partial charge in [-0.05, 0) is 29.3 Å². The van der Waals surface area contributed by atoms with Crippen molar-refractivity contribution < 1.29 is 0 Å². The summed E-state index contributed by atoms with van der Waals surface area (Å²) in [5.41, 5.74) is 11.1. The number of anilines is 1. The molecule has 0 heterocycles. The number of halogens is 1. The third-order valence-electron chi connectivity index (χ3n) is 2.44. The third kappa shape index (κ3) is 3.26. The second kappa shape index (κ2) is 6.10. The molecule has 2 aromatic rings. The molecule has 4 nitrogen and oxygen atoms in total. The molecule has 90 valence electrons. The lowest BCUT2D eigenvalue weighted by molar-refractivity contribution is 1.15. The van der Waals surface area contributed by atoms with Crippen LogP contribution in [0.3, 0.4) is 0 Å². The van der Waals surface area contributed by atoms with Crippen LogP contribution in [0.25, 0.3) is 10.4 Å². The third-order valence-corrected chi connectivity index (χ3v) is 2.93. The van der Waals surface area contributed by atoms with Crippen LogP contribution in [0.1, 0.15) is 5.56 Å². The Morgan fingerprint density at radius 2 is 1.94 bits per heavy atom. The molecule has 1 N–H and O–H groups in total. The maximum Gasteiger partial charge on any atom is 0.0618 e. The van der Waals surface area contributed by atoms with E-state index in [2.05, 4.69) is 31.3 Å². The van der Waals surface area contributed by atoms with Crippen LogP contribution in [-0.4, -0.2) is 0 Å². The van der Waals surface area contributed by atoms with E-state index in [0.717, 1.165) is 10.2 Å². The lowest BCUT2D eigenvalue weighted by atomic mass is 10.2. The Morgan fingerprint density at radius 3 is 2.67 bits per heavy atom. The van der Waals surface area contributed by atoms with Gasteiger partial charge in [-0.25, -0.2) is 0 Å². The molecule has 2 aromatic carbocycles. The monoisotopic (exact) mass is 302 g/mol. The Morgan fingerprint density at radius 1 is 1.17 bits per heavy atom. The van der Waals surface area contributed by atoms with Crippen molar-refractivity contribution in [2.75, 3.05) is 5.32 Å². The summed E-state index contributed by atoms with van der Waals surface area (Å²) in [5, 5.41) is 6.92. The molecule has 5 heteroatoms. The molecule has 0 aliphatic heterocycles. The van der Waals surface area contributed by atoms with Crippen LogP contribution in [0.2, 0.25) is 0 Å². The van der Waals surface area contributed by atoms with Gasteiger partial charge in [0.1, 0.15) is 0 Å². The van der Waals surface area contributed by atoms with E-state index in [4.69, 9.17) is 5.53 Å². The zero-order chi connectivity index (χ0) is 12.8. The minimum atomic E-state index is 0.586. The van der Waals surface area contributed by atoms with E-state index in [0.29, 0.717) is 12.2 Å². The van der Waals surface area contributed by atoms with E-state index in [9.17, 15) is 0 Å². The first-order valence-corrected chi connectivity index (χ1v) is 6.21. The van der Waals surface area contributed by atoms with Crippen molar-refractivity contribution >= 4 is 27.3 Å². The normalized spacial score (nSPS) is 9.61. The summed E-state index contributed by atoms with van der Waals surface area (Å²) in [6, 6.07) is 15.6. The van der Waals surface area contributed by atoms with Crippen LogP contribution < -0.4 is 5.32 Å². The van der Waals surface area contributed by atoms with E-state index in [1.807, 2.05) is 42.5 Å². The fourth-order valence-corrected chi connectivity index (χ4v) is 1.93. The van der Waals surface area contributed by atoms with Crippen LogP contribution in [0, 0.1) is 0 Å². The second-order valence-electron chi connectivity index (χ2n) is 3.69. The largest absolute Gasteiger partial charge is 0.381 e. The standard InChI is InChI=1S/C13H11BrN4/c14-11-6-7-12(13(8-11)17-18-15)16-9-10-4-2-1-3-5-10/h1-8,16H,9H2. The van der Waals surface area contributed by atoms with Crippen LogP contribution in [0.15, 0.2) is 58.1 Å². The molecule has 0 unspecified atom stereocenters. The highest BCUT2D eigenvalue weighted by atomic mass is 79.9. The smallest absolute Gasteiger partial charge is 0.0618 e. The summed E-state index contributed by atoms with van der Waals surface area (Å²) in [6.45, 7) is 0.691. The Kier molecular flexibility index (Phi) is 4.23. The fourth-order valence-electron chi connectivity index (χ4n) is 1.58. The average molecular weight is 303 g/mol. The molecular formula is C13H11BrN4. The highest BCUT2D eigenvalue weighted by molar-refractivity contribution is 9.10. The van der Waals surface area contributed by atoms with E-state index in [-0.39, 0.29) is 0 Å². The highest BCUT2D eigenvalue weighted by Crippen LogP contribution is 2.29. The summed E-state index contributed by atoms with van der Waals surface area (Å²) < 4.78 is 0.884. The molecule has 0 radical (unpaired) electrons. The number of nitrogens with one attached hydrogen (secondary N) is 1. The molecule has 0 amide bonds. The molecule has 0 saturated heterocycles. The summed E-state index contributed by atoms with van der Waals surface area (Å²) in [5.74, 6) is 0. The van der Waals surface area contributed by atoms with Crippen LogP contribution >= 0.6 is 15.9 Å². The van der Waals surface area contributed by atoms with Gasteiger partial charge in [-0.3, -0.25) is 0 Å². The Bertz CT molecular complexity index is 577. The zero-order valence-electron chi connectivity index (χ0n) is 9.55. The number of nitrogens with zero attached hydrogens (tertiary/aromatic N) is 3. The number of azide groups is 1. The Labute approximate surface area is 113 Å².